The molecule has 14 heavy (non-hydrogen) atoms. The molecule has 0 atom stereocenters. The number of carboxylic acid groups (broad SMARTS) is 1. The minimum absolute atomic E-state index is 0.0573. The first-order valence-corrected chi connectivity index (χ1v) is 4.05. The third kappa shape index (κ3) is 2.11. The Labute approximate surface area is 85.2 Å². The van der Waals surface area contributed by atoms with Crippen LogP contribution >= 0.6 is 12.2 Å². The van der Waals surface area contributed by atoms with Gasteiger partial charge >= 0.3 is 5.97 Å². The van der Waals surface area contributed by atoms with Gasteiger partial charge in [0.2, 0.25) is 0 Å². The third-order valence-corrected chi connectivity index (χ3v) is 1.62. The minimum atomic E-state index is -1.25. The van der Waals surface area contributed by atoms with E-state index in [1.54, 1.807) is 0 Å². The fourth-order valence-electron chi connectivity index (χ4n) is 1.00. The smallest absolute Gasteiger partial charge is 0.341 e. The lowest BCUT2D eigenvalue weighted by molar-refractivity contribution is 0.0695. The van der Waals surface area contributed by atoms with E-state index in [2.05, 4.69) is 17.5 Å². The molecule has 0 fully saturated rings. The van der Waals surface area contributed by atoms with Gasteiger partial charge in [-0.05, 0) is 24.4 Å². The molecule has 1 aromatic rings. The molecule has 0 unspecified atom stereocenters. The fourth-order valence-corrected chi connectivity index (χ4v) is 1.11. The minimum Gasteiger partial charge on any atom is -0.507 e. The summed E-state index contributed by atoms with van der Waals surface area (Å²) in [6.07, 6.45) is 0. The normalized spacial score (nSPS) is 9.43. The Bertz CT molecular complexity index is 392. The molecule has 0 heterocycles. The van der Waals surface area contributed by atoms with Crippen molar-refractivity contribution in [3.63, 3.8) is 0 Å². The number of nitrogens with two attached hydrogens (primary N) is 1. The van der Waals surface area contributed by atoms with Crippen LogP contribution < -0.4 is 11.1 Å². The highest BCUT2D eigenvalue weighted by atomic mass is 32.1. The summed E-state index contributed by atoms with van der Waals surface area (Å²) < 4.78 is 0. The summed E-state index contributed by atoms with van der Waals surface area (Å²) in [6, 6.07) is 4.22. The zero-order chi connectivity index (χ0) is 10.7. The van der Waals surface area contributed by atoms with Gasteiger partial charge in [0.15, 0.2) is 5.11 Å². The second-order valence-electron chi connectivity index (χ2n) is 2.49. The molecule has 0 saturated heterocycles. The predicted octanol–water partition coefficient (Wildman–Crippen LogP) is 0.746. The number of hydrogen-bond donors (Lipinski definition) is 4. The van der Waals surface area contributed by atoms with Crippen LogP contribution in [-0.4, -0.2) is 21.3 Å². The number of carboxylic acids is 1. The van der Waals surface area contributed by atoms with Crippen molar-refractivity contribution in [3.05, 3.63) is 23.8 Å². The maximum absolute atomic E-state index is 10.7. The summed E-state index contributed by atoms with van der Waals surface area (Å²) in [4.78, 5) is 10.7. The van der Waals surface area contributed by atoms with E-state index in [9.17, 15) is 9.90 Å². The van der Waals surface area contributed by atoms with Crippen molar-refractivity contribution in [2.24, 2.45) is 5.73 Å². The van der Waals surface area contributed by atoms with E-state index in [1.807, 2.05) is 0 Å². The number of benzene rings is 1. The van der Waals surface area contributed by atoms with Crippen LogP contribution in [0, 0.1) is 0 Å². The topological polar surface area (TPSA) is 95.6 Å². The van der Waals surface area contributed by atoms with Crippen LogP contribution in [-0.2, 0) is 0 Å². The molecule has 1 rings (SSSR count). The second kappa shape index (κ2) is 3.93. The Kier molecular flexibility index (Phi) is 2.88. The lowest BCUT2D eigenvalue weighted by atomic mass is 10.1. The van der Waals surface area contributed by atoms with Gasteiger partial charge in [0, 0.05) is 0 Å². The monoisotopic (exact) mass is 212 g/mol. The van der Waals surface area contributed by atoms with Crippen molar-refractivity contribution in [2.45, 2.75) is 0 Å². The Morgan fingerprint density at radius 1 is 1.50 bits per heavy atom. The molecule has 5 N–H and O–H groups in total. The number of aromatic carboxylic acids is 1. The van der Waals surface area contributed by atoms with E-state index in [1.165, 1.54) is 18.2 Å². The molecular weight excluding hydrogens is 204 g/mol. The predicted molar refractivity (Wildman–Crippen MR) is 55.5 cm³/mol. The van der Waals surface area contributed by atoms with Crippen LogP contribution in [0.2, 0.25) is 0 Å². The molecule has 0 amide bonds. The van der Waals surface area contributed by atoms with Gasteiger partial charge < -0.3 is 21.3 Å². The summed E-state index contributed by atoms with van der Waals surface area (Å²) >= 11 is 4.56. The first kappa shape index (κ1) is 10.3. The number of aromatic hydroxyl groups is 1. The molecule has 0 spiro atoms. The Morgan fingerprint density at radius 3 is 2.64 bits per heavy atom. The molecule has 74 valence electrons. The van der Waals surface area contributed by atoms with Crippen LogP contribution in [0.4, 0.5) is 5.69 Å². The molecule has 0 aromatic heterocycles. The van der Waals surface area contributed by atoms with E-state index in [0.29, 0.717) is 0 Å². The molecule has 0 aliphatic carbocycles. The van der Waals surface area contributed by atoms with E-state index < -0.39 is 5.97 Å². The zero-order valence-corrected chi connectivity index (χ0v) is 7.84. The first-order valence-electron chi connectivity index (χ1n) is 3.64. The maximum atomic E-state index is 10.7. The molecule has 0 aliphatic heterocycles. The maximum Gasteiger partial charge on any atom is 0.341 e. The van der Waals surface area contributed by atoms with Crippen LogP contribution in [0.1, 0.15) is 10.4 Å². The van der Waals surface area contributed by atoms with Crippen LogP contribution in [0.5, 0.6) is 5.75 Å². The molecule has 5 nitrogen and oxygen atoms in total. The highest BCUT2D eigenvalue weighted by molar-refractivity contribution is 7.80. The summed E-state index contributed by atoms with van der Waals surface area (Å²) in [5.41, 5.74) is 5.11. The van der Waals surface area contributed by atoms with Crippen molar-refractivity contribution >= 4 is 29.0 Å². The van der Waals surface area contributed by atoms with Crippen molar-refractivity contribution < 1.29 is 15.0 Å². The van der Waals surface area contributed by atoms with E-state index in [-0.39, 0.29) is 22.1 Å². The third-order valence-electron chi connectivity index (χ3n) is 1.51. The zero-order valence-electron chi connectivity index (χ0n) is 7.02. The Hall–Kier alpha value is -1.82. The van der Waals surface area contributed by atoms with Gasteiger partial charge in [0.25, 0.3) is 0 Å². The quantitative estimate of drug-likeness (QED) is 0.540. The fraction of sp³-hybridized carbons (Fsp3) is 0. The number of hydrogen-bond acceptors (Lipinski definition) is 3. The largest absolute Gasteiger partial charge is 0.507 e. The van der Waals surface area contributed by atoms with Crippen LogP contribution in [0.3, 0.4) is 0 Å². The second-order valence-corrected chi connectivity index (χ2v) is 2.93. The molecule has 0 aliphatic rings. The standard InChI is InChI=1S/C8H8N2O3S/c9-8(14)10-4-2-1-3-5(11)6(4)7(12)13/h1-3,11H,(H,12,13)(H3,9,10,14). The van der Waals surface area contributed by atoms with Gasteiger partial charge in [-0.3, -0.25) is 0 Å². The Morgan fingerprint density at radius 2 is 2.14 bits per heavy atom. The summed E-state index contributed by atoms with van der Waals surface area (Å²) in [6.45, 7) is 0. The number of carbonyl (C=O) groups is 1. The van der Waals surface area contributed by atoms with Crippen molar-refractivity contribution in [1.29, 1.82) is 0 Å². The van der Waals surface area contributed by atoms with Gasteiger partial charge in [-0.25, -0.2) is 4.79 Å². The molecule has 6 heteroatoms. The summed E-state index contributed by atoms with van der Waals surface area (Å²) in [5.74, 6) is -1.58. The highest BCUT2D eigenvalue weighted by Gasteiger charge is 2.14. The van der Waals surface area contributed by atoms with E-state index >= 15 is 0 Å². The van der Waals surface area contributed by atoms with Crippen molar-refractivity contribution in [3.8, 4) is 5.75 Å². The average Bonchev–Trinajstić information content (AvgIpc) is 2.01. The summed E-state index contributed by atoms with van der Waals surface area (Å²) in [5, 5.41) is 20.5. The van der Waals surface area contributed by atoms with Gasteiger partial charge in [-0.2, -0.15) is 0 Å². The number of anilines is 1. The van der Waals surface area contributed by atoms with Gasteiger partial charge in [0.05, 0.1) is 5.69 Å². The van der Waals surface area contributed by atoms with Crippen LogP contribution in [0.25, 0.3) is 0 Å². The summed E-state index contributed by atoms with van der Waals surface area (Å²) in [7, 11) is 0. The van der Waals surface area contributed by atoms with Gasteiger partial charge in [-0.15, -0.1) is 0 Å². The van der Waals surface area contributed by atoms with E-state index in [4.69, 9.17) is 10.8 Å². The van der Waals surface area contributed by atoms with E-state index in [0.717, 1.165) is 0 Å². The average molecular weight is 212 g/mol. The highest BCUT2D eigenvalue weighted by Crippen LogP contribution is 2.24. The molecule has 0 radical (unpaired) electrons. The lowest BCUT2D eigenvalue weighted by Crippen LogP contribution is -2.20. The van der Waals surface area contributed by atoms with Gasteiger partial charge in [0.1, 0.15) is 11.3 Å². The molecule has 0 saturated carbocycles. The Balaban J connectivity index is 3.21. The number of nitrogens with one attached hydrogen (secondary N) is 1. The number of phenols is 1. The number of rotatable bonds is 2. The molecular formula is C8H8N2O3S. The van der Waals surface area contributed by atoms with Gasteiger partial charge in [-0.1, -0.05) is 6.07 Å². The SMILES string of the molecule is NC(=S)Nc1cccc(O)c1C(=O)O. The van der Waals surface area contributed by atoms with Crippen LogP contribution in [0.15, 0.2) is 18.2 Å². The lowest BCUT2D eigenvalue weighted by Gasteiger charge is -2.08. The number of thiocarbonyl (C=S) groups is 1. The first-order chi connectivity index (χ1) is 6.52. The molecule has 1 aromatic carbocycles. The van der Waals surface area contributed by atoms with Crippen molar-refractivity contribution in [1.82, 2.24) is 0 Å². The molecule has 0 bridgehead atoms. The van der Waals surface area contributed by atoms with Crippen molar-refractivity contribution in [2.75, 3.05) is 5.32 Å².